The smallest absolute Gasteiger partial charge is 0.408 e. The van der Waals surface area contributed by atoms with E-state index in [9.17, 15) is 14.0 Å². The van der Waals surface area contributed by atoms with Gasteiger partial charge in [-0.2, -0.15) is 0 Å². The molecule has 1 fully saturated rings. The largest absolute Gasteiger partial charge is 0.444 e. The zero-order chi connectivity index (χ0) is 20.7. The fourth-order valence-electron chi connectivity index (χ4n) is 2.93. The summed E-state index contributed by atoms with van der Waals surface area (Å²) in [6, 6.07) is 5.43. The van der Waals surface area contributed by atoms with Gasteiger partial charge in [-0.15, -0.1) is 0 Å². The van der Waals surface area contributed by atoms with Crippen molar-refractivity contribution < 1.29 is 23.5 Å². The molecule has 0 aromatic heterocycles. The van der Waals surface area contributed by atoms with E-state index in [2.05, 4.69) is 15.5 Å². The third kappa shape index (κ3) is 7.09. The highest BCUT2D eigenvalue weighted by Gasteiger charge is 2.25. The number of carbonyl (C=O) groups is 2. The number of carbonyl (C=O) groups excluding carboxylic acids is 2. The molecule has 1 aliphatic rings. The second-order valence-electron chi connectivity index (χ2n) is 7.83. The van der Waals surface area contributed by atoms with Gasteiger partial charge in [0.25, 0.3) is 0 Å². The molecule has 1 aliphatic heterocycles. The van der Waals surface area contributed by atoms with E-state index in [1.807, 2.05) is 0 Å². The Morgan fingerprint density at radius 1 is 1.21 bits per heavy atom. The molecule has 1 saturated heterocycles. The van der Waals surface area contributed by atoms with Gasteiger partial charge in [0, 0.05) is 19.6 Å². The number of halogens is 1. The Kier molecular flexibility index (Phi) is 7.77. The van der Waals surface area contributed by atoms with Gasteiger partial charge in [-0.1, -0.05) is 12.1 Å². The van der Waals surface area contributed by atoms with Gasteiger partial charge in [-0.05, 0) is 45.4 Å². The quantitative estimate of drug-likeness (QED) is 0.772. The van der Waals surface area contributed by atoms with Gasteiger partial charge in [0.2, 0.25) is 5.91 Å². The van der Waals surface area contributed by atoms with E-state index in [0.29, 0.717) is 19.8 Å². The predicted octanol–water partition coefficient (Wildman–Crippen LogP) is 2.23. The Labute approximate surface area is 165 Å². The first-order chi connectivity index (χ1) is 13.2. The van der Waals surface area contributed by atoms with Crippen LogP contribution >= 0.6 is 0 Å². The van der Waals surface area contributed by atoms with Crippen molar-refractivity contribution >= 4 is 12.0 Å². The Morgan fingerprint density at radius 2 is 1.82 bits per heavy atom. The number of ether oxygens (including phenoxy) is 2. The van der Waals surface area contributed by atoms with Crippen molar-refractivity contribution in [3.8, 4) is 0 Å². The number of hydrogen-bond acceptors (Lipinski definition) is 5. The number of alkyl carbamates (subject to hydrolysis) is 1. The molecule has 2 rings (SSSR count). The Bertz CT molecular complexity index is 654. The molecule has 0 saturated carbocycles. The molecule has 28 heavy (non-hydrogen) atoms. The van der Waals surface area contributed by atoms with Crippen LogP contribution in [0, 0.1) is 5.82 Å². The summed E-state index contributed by atoms with van der Waals surface area (Å²) in [5.41, 5.74) is 0.279. The van der Waals surface area contributed by atoms with Crippen molar-refractivity contribution in [2.24, 2.45) is 0 Å². The normalized spacial score (nSPS) is 17.5. The van der Waals surface area contributed by atoms with Crippen LogP contribution in [-0.4, -0.2) is 61.4 Å². The third-order valence-electron chi connectivity index (χ3n) is 4.34. The molecule has 2 unspecified atom stereocenters. The summed E-state index contributed by atoms with van der Waals surface area (Å²) in [5, 5.41) is 5.41. The maximum Gasteiger partial charge on any atom is 0.408 e. The molecule has 7 nitrogen and oxygen atoms in total. The second-order valence-corrected chi connectivity index (χ2v) is 7.83. The zero-order valence-corrected chi connectivity index (χ0v) is 17.0. The van der Waals surface area contributed by atoms with E-state index in [0.717, 1.165) is 18.7 Å². The molecule has 2 atom stereocenters. The lowest BCUT2D eigenvalue weighted by Crippen LogP contribution is -2.49. The summed E-state index contributed by atoms with van der Waals surface area (Å²) in [6.07, 6.45) is -0.640. The molecule has 0 aliphatic carbocycles. The van der Waals surface area contributed by atoms with Crippen LogP contribution in [0.4, 0.5) is 9.18 Å². The van der Waals surface area contributed by atoms with Crippen LogP contribution in [0.15, 0.2) is 24.3 Å². The number of morpholine rings is 1. The van der Waals surface area contributed by atoms with Gasteiger partial charge < -0.3 is 20.1 Å². The van der Waals surface area contributed by atoms with Gasteiger partial charge in [0.15, 0.2) is 0 Å². The summed E-state index contributed by atoms with van der Waals surface area (Å²) in [4.78, 5) is 26.5. The second kappa shape index (κ2) is 9.84. The standard InChI is InChI=1S/C20H30FN3O4/c1-14(23-19(26)28-20(2,3)4)18(25)22-13-17(24-9-11-27-12-10-24)15-5-7-16(21)8-6-15/h5-8,14,17H,9-13H2,1-4H3,(H,22,25)(H,23,26). The maximum atomic E-state index is 13.3. The minimum absolute atomic E-state index is 0.109. The average molecular weight is 395 g/mol. The minimum atomic E-state index is -0.742. The van der Waals surface area contributed by atoms with Crippen molar-refractivity contribution in [1.29, 1.82) is 0 Å². The average Bonchev–Trinajstić information content (AvgIpc) is 2.62. The fourth-order valence-corrected chi connectivity index (χ4v) is 2.93. The van der Waals surface area contributed by atoms with Crippen LogP contribution in [0.2, 0.25) is 0 Å². The molecule has 0 radical (unpaired) electrons. The van der Waals surface area contributed by atoms with Gasteiger partial charge >= 0.3 is 6.09 Å². The molecule has 8 heteroatoms. The Balaban J connectivity index is 1.96. The third-order valence-corrected chi connectivity index (χ3v) is 4.34. The summed E-state index contributed by atoms with van der Waals surface area (Å²) in [6.45, 7) is 9.89. The van der Waals surface area contributed by atoms with Crippen LogP contribution in [0.5, 0.6) is 0 Å². The first-order valence-corrected chi connectivity index (χ1v) is 9.50. The topological polar surface area (TPSA) is 79.9 Å². The number of benzene rings is 1. The van der Waals surface area contributed by atoms with Gasteiger partial charge in [0.05, 0.1) is 19.3 Å². The number of nitrogens with one attached hydrogen (secondary N) is 2. The van der Waals surface area contributed by atoms with Crippen molar-refractivity contribution in [2.45, 2.75) is 45.4 Å². The lowest BCUT2D eigenvalue weighted by atomic mass is 10.0. The van der Waals surface area contributed by atoms with E-state index in [1.165, 1.54) is 12.1 Å². The minimum Gasteiger partial charge on any atom is -0.444 e. The van der Waals surface area contributed by atoms with Crippen LogP contribution in [-0.2, 0) is 14.3 Å². The van der Waals surface area contributed by atoms with Crippen LogP contribution in [0.1, 0.15) is 39.3 Å². The van der Waals surface area contributed by atoms with Crippen molar-refractivity contribution in [3.05, 3.63) is 35.6 Å². The Morgan fingerprint density at radius 3 is 2.39 bits per heavy atom. The fraction of sp³-hybridized carbons (Fsp3) is 0.600. The van der Waals surface area contributed by atoms with Crippen molar-refractivity contribution in [1.82, 2.24) is 15.5 Å². The van der Waals surface area contributed by atoms with E-state index in [4.69, 9.17) is 9.47 Å². The number of hydrogen-bond donors (Lipinski definition) is 2. The van der Waals surface area contributed by atoms with E-state index in [-0.39, 0.29) is 17.8 Å². The molecular formula is C20H30FN3O4. The van der Waals surface area contributed by atoms with Gasteiger partial charge in [0.1, 0.15) is 17.5 Å². The molecule has 2 N–H and O–H groups in total. The van der Waals surface area contributed by atoms with E-state index < -0.39 is 17.7 Å². The molecule has 1 heterocycles. The van der Waals surface area contributed by atoms with Crippen LogP contribution in [0.25, 0.3) is 0 Å². The lowest BCUT2D eigenvalue weighted by molar-refractivity contribution is -0.123. The van der Waals surface area contributed by atoms with Crippen LogP contribution in [0.3, 0.4) is 0 Å². The SMILES string of the molecule is CC(NC(=O)OC(C)(C)C)C(=O)NCC(c1ccc(F)cc1)N1CCOCC1. The molecular weight excluding hydrogens is 365 g/mol. The van der Waals surface area contributed by atoms with Crippen molar-refractivity contribution in [3.63, 3.8) is 0 Å². The van der Waals surface area contributed by atoms with Crippen LogP contribution < -0.4 is 10.6 Å². The molecule has 1 aromatic rings. The highest BCUT2D eigenvalue weighted by molar-refractivity contribution is 5.85. The number of amides is 2. The van der Waals surface area contributed by atoms with Gasteiger partial charge in [-0.3, -0.25) is 9.69 Å². The molecule has 0 bridgehead atoms. The first kappa shape index (κ1) is 22.1. The number of nitrogens with zero attached hydrogens (tertiary/aromatic N) is 1. The predicted molar refractivity (Wildman–Crippen MR) is 103 cm³/mol. The zero-order valence-electron chi connectivity index (χ0n) is 17.0. The lowest BCUT2D eigenvalue weighted by Gasteiger charge is -2.35. The first-order valence-electron chi connectivity index (χ1n) is 9.50. The molecule has 2 amide bonds. The summed E-state index contributed by atoms with van der Waals surface area (Å²) < 4.78 is 23.9. The molecule has 0 spiro atoms. The molecule has 1 aromatic carbocycles. The highest BCUT2D eigenvalue weighted by Crippen LogP contribution is 2.21. The maximum absolute atomic E-state index is 13.3. The van der Waals surface area contributed by atoms with E-state index >= 15 is 0 Å². The van der Waals surface area contributed by atoms with Crippen molar-refractivity contribution in [2.75, 3.05) is 32.8 Å². The number of rotatable bonds is 6. The molecule has 156 valence electrons. The highest BCUT2D eigenvalue weighted by atomic mass is 19.1. The summed E-state index contributed by atoms with van der Waals surface area (Å²) in [7, 11) is 0. The van der Waals surface area contributed by atoms with E-state index in [1.54, 1.807) is 39.8 Å². The summed E-state index contributed by atoms with van der Waals surface area (Å²) in [5.74, 6) is -0.616. The van der Waals surface area contributed by atoms with Gasteiger partial charge in [-0.25, -0.2) is 9.18 Å². The Hall–Kier alpha value is -2.19. The monoisotopic (exact) mass is 395 g/mol. The summed E-state index contributed by atoms with van der Waals surface area (Å²) >= 11 is 0.